The second kappa shape index (κ2) is 9.20. The van der Waals surface area contributed by atoms with Crippen molar-refractivity contribution >= 4 is 17.8 Å². The molecule has 0 aromatic heterocycles. The van der Waals surface area contributed by atoms with Crippen molar-refractivity contribution in [2.45, 2.75) is 50.7 Å². The van der Waals surface area contributed by atoms with E-state index in [9.17, 15) is 14.4 Å². The highest BCUT2D eigenvalue weighted by molar-refractivity contribution is 6.04. The molecule has 1 heterocycles. The van der Waals surface area contributed by atoms with Crippen molar-refractivity contribution in [3.8, 4) is 5.75 Å². The molecule has 1 saturated heterocycles. The van der Waals surface area contributed by atoms with Crippen LogP contribution in [0.5, 0.6) is 5.75 Å². The molecule has 2 aromatic rings. The molecule has 4 rings (SSSR count). The average Bonchev–Trinajstić information content (AvgIpc) is 3.06. The van der Waals surface area contributed by atoms with Crippen LogP contribution in [0.15, 0.2) is 48.5 Å². The monoisotopic (exact) mass is 421 g/mol. The number of nitrogens with one attached hydrogen (secondary N) is 2. The fraction of sp³-hybridized carbons (Fsp3) is 0.375. The summed E-state index contributed by atoms with van der Waals surface area (Å²) in [7, 11) is 1.58. The molecule has 2 unspecified atom stereocenters. The number of ether oxygens (including phenoxy) is 1. The van der Waals surface area contributed by atoms with E-state index in [1.807, 2.05) is 24.3 Å². The molecule has 2 N–H and O–H groups in total. The van der Waals surface area contributed by atoms with Gasteiger partial charge in [0, 0.05) is 6.42 Å². The summed E-state index contributed by atoms with van der Waals surface area (Å²) in [6, 6.07) is 14.3. The Morgan fingerprint density at radius 2 is 1.94 bits per heavy atom. The van der Waals surface area contributed by atoms with Crippen LogP contribution in [0.4, 0.5) is 4.79 Å². The molecule has 0 saturated carbocycles. The second-order valence-corrected chi connectivity index (χ2v) is 8.02. The van der Waals surface area contributed by atoms with Gasteiger partial charge in [-0.2, -0.15) is 0 Å². The summed E-state index contributed by atoms with van der Waals surface area (Å²) in [5, 5.41) is 5.80. The number of aryl methyl sites for hydroxylation is 1. The zero-order valence-corrected chi connectivity index (χ0v) is 17.6. The van der Waals surface area contributed by atoms with Crippen molar-refractivity contribution in [3.63, 3.8) is 0 Å². The quantitative estimate of drug-likeness (QED) is 0.673. The van der Waals surface area contributed by atoms with Crippen molar-refractivity contribution in [2.75, 3.05) is 7.11 Å². The van der Waals surface area contributed by atoms with Crippen LogP contribution >= 0.6 is 0 Å². The molecule has 1 aliphatic carbocycles. The van der Waals surface area contributed by atoms with E-state index >= 15 is 0 Å². The molecule has 0 bridgehead atoms. The van der Waals surface area contributed by atoms with Crippen LogP contribution in [-0.2, 0) is 22.6 Å². The van der Waals surface area contributed by atoms with Crippen molar-refractivity contribution in [3.05, 3.63) is 65.2 Å². The standard InChI is InChI=1S/C24H27N3O4/c1-31-18-11-9-16(10-12-18)15-27-23(29)21(26-24(27)30)13-14-22(28)25-20-8-4-6-17-5-2-3-7-19(17)20/h2-3,5,7,9-12,20-21H,4,6,8,13-15H2,1H3,(H,25,28)(H,26,30). The summed E-state index contributed by atoms with van der Waals surface area (Å²) in [6.45, 7) is 0.191. The Labute approximate surface area is 181 Å². The Morgan fingerprint density at radius 1 is 1.16 bits per heavy atom. The van der Waals surface area contributed by atoms with Crippen molar-refractivity contribution in [1.82, 2.24) is 15.5 Å². The number of urea groups is 1. The smallest absolute Gasteiger partial charge is 0.325 e. The van der Waals surface area contributed by atoms with E-state index in [4.69, 9.17) is 4.74 Å². The van der Waals surface area contributed by atoms with E-state index < -0.39 is 12.1 Å². The van der Waals surface area contributed by atoms with Gasteiger partial charge >= 0.3 is 6.03 Å². The predicted molar refractivity (Wildman–Crippen MR) is 115 cm³/mol. The van der Waals surface area contributed by atoms with E-state index in [0.717, 1.165) is 24.8 Å². The zero-order valence-electron chi connectivity index (χ0n) is 17.6. The third-order valence-corrected chi connectivity index (χ3v) is 5.97. The number of hydrogen-bond donors (Lipinski definition) is 2. The van der Waals surface area contributed by atoms with E-state index in [1.165, 1.54) is 16.0 Å². The van der Waals surface area contributed by atoms with Gasteiger partial charge in [-0.05, 0) is 54.5 Å². The first-order valence-electron chi connectivity index (χ1n) is 10.7. The van der Waals surface area contributed by atoms with E-state index in [0.29, 0.717) is 5.75 Å². The normalized spacial score (nSPS) is 20.2. The van der Waals surface area contributed by atoms with Gasteiger partial charge in [0.25, 0.3) is 5.91 Å². The molecule has 4 amide bonds. The Morgan fingerprint density at radius 3 is 2.71 bits per heavy atom. The summed E-state index contributed by atoms with van der Waals surface area (Å²) in [4.78, 5) is 38.7. The molecule has 1 aliphatic heterocycles. The Bertz CT molecular complexity index is 973. The lowest BCUT2D eigenvalue weighted by Gasteiger charge is -2.26. The fourth-order valence-electron chi connectivity index (χ4n) is 4.28. The van der Waals surface area contributed by atoms with E-state index in [1.54, 1.807) is 19.2 Å². The third kappa shape index (κ3) is 4.71. The number of carbonyl (C=O) groups excluding carboxylic acids is 3. The number of methoxy groups -OCH3 is 1. The molecule has 0 radical (unpaired) electrons. The van der Waals surface area contributed by atoms with Crippen LogP contribution in [0.1, 0.15) is 48.4 Å². The molecule has 7 nitrogen and oxygen atoms in total. The van der Waals surface area contributed by atoms with Crippen molar-refractivity contribution in [1.29, 1.82) is 0 Å². The Balaban J connectivity index is 1.30. The van der Waals surface area contributed by atoms with Crippen LogP contribution in [-0.4, -0.2) is 35.9 Å². The number of nitrogens with zero attached hydrogens (tertiary/aromatic N) is 1. The van der Waals surface area contributed by atoms with Gasteiger partial charge in [0.05, 0.1) is 19.7 Å². The van der Waals surface area contributed by atoms with Crippen LogP contribution < -0.4 is 15.4 Å². The maximum atomic E-state index is 12.7. The third-order valence-electron chi connectivity index (χ3n) is 5.97. The molecule has 31 heavy (non-hydrogen) atoms. The molecule has 0 spiro atoms. The summed E-state index contributed by atoms with van der Waals surface area (Å²) < 4.78 is 5.13. The van der Waals surface area contributed by atoms with Gasteiger partial charge in [-0.15, -0.1) is 0 Å². The fourth-order valence-corrected chi connectivity index (χ4v) is 4.28. The maximum absolute atomic E-state index is 12.7. The SMILES string of the molecule is COc1ccc(CN2C(=O)NC(CCC(=O)NC3CCCc4ccccc43)C2=O)cc1. The number of benzene rings is 2. The topological polar surface area (TPSA) is 87.7 Å². The van der Waals surface area contributed by atoms with Crippen molar-refractivity contribution in [2.24, 2.45) is 0 Å². The van der Waals surface area contributed by atoms with Gasteiger partial charge in [0.1, 0.15) is 11.8 Å². The second-order valence-electron chi connectivity index (χ2n) is 8.02. The van der Waals surface area contributed by atoms with E-state index in [-0.39, 0.29) is 37.2 Å². The molecule has 1 fully saturated rings. The summed E-state index contributed by atoms with van der Waals surface area (Å²) in [5.41, 5.74) is 3.29. The number of hydrogen-bond acceptors (Lipinski definition) is 4. The molecule has 2 aromatic carbocycles. The maximum Gasteiger partial charge on any atom is 0.325 e. The lowest BCUT2D eigenvalue weighted by atomic mass is 9.87. The Hall–Kier alpha value is -3.35. The number of imide groups is 1. The number of amides is 4. The summed E-state index contributed by atoms with van der Waals surface area (Å²) >= 11 is 0. The van der Waals surface area contributed by atoms with Crippen LogP contribution in [0.2, 0.25) is 0 Å². The largest absolute Gasteiger partial charge is 0.497 e. The minimum absolute atomic E-state index is 0.0119. The number of rotatable bonds is 7. The van der Waals surface area contributed by atoms with Gasteiger partial charge in [-0.1, -0.05) is 36.4 Å². The molecule has 162 valence electrons. The molecule has 2 atom stereocenters. The molecular formula is C24H27N3O4. The Kier molecular flexibility index (Phi) is 6.21. The predicted octanol–water partition coefficient (Wildman–Crippen LogP) is 3.09. The van der Waals surface area contributed by atoms with Crippen molar-refractivity contribution < 1.29 is 19.1 Å². The first-order valence-corrected chi connectivity index (χ1v) is 10.7. The average molecular weight is 421 g/mol. The number of carbonyl (C=O) groups is 3. The zero-order chi connectivity index (χ0) is 21.8. The molecular weight excluding hydrogens is 394 g/mol. The van der Waals surface area contributed by atoms with E-state index in [2.05, 4.69) is 22.8 Å². The van der Waals surface area contributed by atoms with Crippen LogP contribution in [0, 0.1) is 0 Å². The van der Waals surface area contributed by atoms with Gasteiger partial charge < -0.3 is 15.4 Å². The summed E-state index contributed by atoms with van der Waals surface area (Å²) in [6.07, 6.45) is 3.46. The molecule has 7 heteroatoms. The number of fused-ring (bicyclic) bond motifs is 1. The highest BCUT2D eigenvalue weighted by Gasteiger charge is 2.38. The first-order chi connectivity index (χ1) is 15.0. The lowest BCUT2D eigenvalue weighted by molar-refractivity contribution is -0.128. The first kappa shape index (κ1) is 20.9. The van der Waals surface area contributed by atoms with Gasteiger partial charge in [-0.3, -0.25) is 14.5 Å². The lowest BCUT2D eigenvalue weighted by Crippen LogP contribution is -2.34. The highest BCUT2D eigenvalue weighted by Crippen LogP contribution is 2.29. The van der Waals surface area contributed by atoms with Crippen LogP contribution in [0.3, 0.4) is 0 Å². The van der Waals surface area contributed by atoms with Gasteiger partial charge in [-0.25, -0.2) is 4.79 Å². The highest BCUT2D eigenvalue weighted by atomic mass is 16.5. The summed E-state index contributed by atoms with van der Waals surface area (Å²) in [5.74, 6) is 0.319. The minimum atomic E-state index is -0.671. The van der Waals surface area contributed by atoms with Crippen LogP contribution in [0.25, 0.3) is 0 Å². The minimum Gasteiger partial charge on any atom is -0.497 e. The molecule has 2 aliphatic rings. The van der Waals surface area contributed by atoms with Gasteiger partial charge in [0.2, 0.25) is 5.91 Å². The van der Waals surface area contributed by atoms with Gasteiger partial charge in [0.15, 0.2) is 0 Å².